The molecule has 226 valence electrons. The maximum atomic E-state index is 6.53. The standard InChI is InChI=1S/C46H28Cl2/c47-33-16-10-14-31(27-33)45-39-22-5-1-18-35(39)43(36-19-2-6-23-40(36)45)29-12-9-13-30(26-29)44-37-20-3-7-24-41(37)46(32-15-11-17-34(48)28-32)42-25-8-4-21-38(42)44/h1-28H. The molecule has 0 atom stereocenters. The van der Waals surface area contributed by atoms with Gasteiger partial charge in [-0.05, 0) is 118 Å². The van der Waals surface area contributed by atoms with E-state index in [-0.39, 0.29) is 0 Å². The van der Waals surface area contributed by atoms with E-state index >= 15 is 0 Å². The lowest BCUT2D eigenvalue weighted by atomic mass is 9.83. The molecule has 0 aliphatic heterocycles. The Morgan fingerprint density at radius 1 is 0.229 bits per heavy atom. The van der Waals surface area contributed by atoms with Crippen LogP contribution in [-0.2, 0) is 0 Å². The van der Waals surface area contributed by atoms with Gasteiger partial charge in [-0.3, -0.25) is 0 Å². The van der Waals surface area contributed by atoms with Gasteiger partial charge in [-0.15, -0.1) is 0 Å². The zero-order valence-corrected chi connectivity index (χ0v) is 27.4. The van der Waals surface area contributed by atoms with Crippen LogP contribution in [0, 0.1) is 0 Å². The van der Waals surface area contributed by atoms with Crippen LogP contribution in [0.5, 0.6) is 0 Å². The second-order valence-corrected chi connectivity index (χ2v) is 13.2. The van der Waals surface area contributed by atoms with Crippen molar-refractivity contribution in [2.24, 2.45) is 0 Å². The van der Waals surface area contributed by atoms with Crippen molar-refractivity contribution in [3.63, 3.8) is 0 Å². The Balaban J connectivity index is 1.35. The number of benzene rings is 9. The molecule has 0 bridgehead atoms. The number of hydrogen-bond donors (Lipinski definition) is 0. The average molecular weight is 652 g/mol. The van der Waals surface area contributed by atoms with Crippen LogP contribution in [0.2, 0.25) is 10.0 Å². The van der Waals surface area contributed by atoms with Gasteiger partial charge in [-0.2, -0.15) is 0 Å². The van der Waals surface area contributed by atoms with Crippen molar-refractivity contribution in [1.29, 1.82) is 0 Å². The summed E-state index contributed by atoms with van der Waals surface area (Å²) in [4.78, 5) is 0. The fraction of sp³-hybridized carbons (Fsp3) is 0. The Kier molecular flexibility index (Phi) is 7.01. The van der Waals surface area contributed by atoms with E-state index in [1.165, 1.54) is 76.5 Å². The van der Waals surface area contributed by atoms with E-state index in [1.54, 1.807) is 0 Å². The molecule has 2 heteroatoms. The van der Waals surface area contributed by atoms with Gasteiger partial charge in [0.2, 0.25) is 0 Å². The van der Waals surface area contributed by atoms with Crippen LogP contribution in [-0.4, -0.2) is 0 Å². The Hall–Kier alpha value is -5.40. The Morgan fingerprint density at radius 2 is 0.458 bits per heavy atom. The van der Waals surface area contributed by atoms with Gasteiger partial charge in [0, 0.05) is 10.0 Å². The highest BCUT2D eigenvalue weighted by atomic mass is 35.5. The molecule has 0 nitrogen and oxygen atoms in total. The second-order valence-electron chi connectivity index (χ2n) is 12.3. The minimum Gasteiger partial charge on any atom is -0.0843 e. The Morgan fingerprint density at radius 3 is 0.708 bits per heavy atom. The zero-order chi connectivity index (χ0) is 32.2. The van der Waals surface area contributed by atoms with Crippen LogP contribution >= 0.6 is 23.2 Å². The Bertz CT molecular complexity index is 2410. The molecule has 0 radical (unpaired) electrons. The minimum absolute atomic E-state index is 0.735. The number of fused-ring (bicyclic) bond motifs is 4. The Labute approximate surface area is 289 Å². The summed E-state index contributed by atoms with van der Waals surface area (Å²) in [5.41, 5.74) is 9.49. The molecule has 9 aromatic carbocycles. The van der Waals surface area contributed by atoms with Crippen LogP contribution in [0.4, 0.5) is 0 Å². The highest BCUT2D eigenvalue weighted by molar-refractivity contribution is 6.32. The number of hydrogen-bond acceptors (Lipinski definition) is 0. The first kappa shape index (κ1) is 28.8. The van der Waals surface area contributed by atoms with Crippen LogP contribution in [0.15, 0.2) is 170 Å². The van der Waals surface area contributed by atoms with Crippen molar-refractivity contribution in [3.8, 4) is 44.5 Å². The second kappa shape index (κ2) is 11.7. The van der Waals surface area contributed by atoms with Crippen LogP contribution in [0.25, 0.3) is 87.6 Å². The zero-order valence-electron chi connectivity index (χ0n) is 25.9. The predicted octanol–water partition coefficient (Wildman–Crippen LogP) is 14.3. The fourth-order valence-corrected chi connectivity index (χ4v) is 8.00. The van der Waals surface area contributed by atoms with Crippen molar-refractivity contribution in [2.75, 3.05) is 0 Å². The normalized spacial score (nSPS) is 11.5. The summed E-state index contributed by atoms with van der Waals surface area (Å²) >= 11 is 13.1. The van der Waals surface area contributed by atoms with E-state index in [2.05, 4.69) is 146 Å². The van der Waals surface area contributed by atoms with Gasteiger partial charge >= 0.3 is 0 Å². The molecule has 0 fully saturated rings. The summed E-state index contributed by atoms with van der Waals surface area (Å²) in [5.74, 6) is 0. The molecule has 0 saturated carbocycles. The SMILES string of the molecule is Clc1cccc(-c2c3ccccc3c(-c3cccc(-c4c5ccccc5c(-c5cccc(Cl)c5)c5ccccc45)c3)c3ccccc23)c1. The highest BCUT2D eigenvalue weighted by Gasteiger charge is 2.19. The van der Waals surface area contributed by atoms with E-state index in [4.69, 9.17) is 23.2 Å². The molecule has 0 aromatic heterocycles. The molecule has 0 N–H and O–H groups in total. The molecule has 0 aliphatic rings. The van der Waals surface area contributed by atoms with Crippen molar-refractivity contribution in [1.82, 2.24) is 0 Å². The minimum atomic E-state index is 0.735. The summed E-state index contributed by atoms with van der Waals surface area (Å²) in [6.45, 7) is 0. The maximum Gasteiger partial charge on any atom is 0.0412 e. The first-order valence-electron chi connectivity index (χ1n) is 16.2. The molecule has 9 aromatic rings. The molecular formula is C46H28Cl2. The van der Waals surface area contributed by atoms with E-state index in [9.17, 15) is 0 Å². The summed E-state index contributed by atoms with van der Waals surface area (Å²) in [6, 6.07) is 60.5. The molecule has 48 heavy (non-hydrogen) atoms. The summed E-state index contributed by atoms with van der Waals surface area (Å²) < 4.78 is 0. The van der Waals surface area contributed by atoms with Crippen LogP contribution < -0.4 is 0 Å². The topological polar surface area (TPSA) is 0 Å². The van der Waals surface area contributed by atoms with E-state index in [0.717, 1.165) is 21.2 Å². The van der Waals surface area contributed by atoms with Crippen molar-refractivity contribution in [3.05, 3.63) is 180 Å². The van der Waals surface area contributed by atoms with Crippen LogP contribution in [0.3, 0.4) is 0 Å². The average Bonchev–Trinajstić information content (AvgIpc) is 3.12. The fourth-order valence-electron chi connectivity index (χ4n) is 7.62. The lowest BCUT2D eigenvalue weighted by Gasteiger charge is -2.20. The van der Waals surface area contributed by atoms with Gasteiger partial charge in [0.05, 0.1) is 0 Å². The van der Waals surface area contributed by atoms with Gasteiger partial charge < -0.3 is 0 Å². The van der Waals surface area contributed by atoms with Gasteiger partial charge in [0.15, 0.2) is 0 Å². The first-order chi connectivity index (χ1) is 23.7. The largest absolute Gasteiger partial charge is 0.0843 e. The smallest absolute Gasteiger partial charge is 0.0412 e. The van der Waals surface area contributed by atoms with Gasteiger partial charge in [-0.25, -0.2) is 0 Å². The number of halogens is 2. The van der Waals surface area contributed by atoms with E-state index in [1.807, 2.05) is 24.3 Å². The third-order valence-corrected chi connectivity index (χ3v) is 10.00. The molecule has 9 rings (SSSR count). The summed E-state index contributed by atoms with van der Waals surface area (Å²) in [7, 11) is 0. The van der Waals surface area contributed by atoms with Crippen molar-refractivity contribution >= 4 is 66.3 Å². The summed E-state index contributed by atoms with van der Waals surface area (Å²) in [6.07, 6.45) is 0. The highest BCUT2D eigenvalue weighted by Crippen LogP contribution is 2.47. The monoisotopic (exact) mass is 650 g/mol. The first-order valence-corrected chi connectivity index (χ1v) is 16.9. The van der Waals surface area contributed by atoms with E-state index < -0.39 is 0 Å². The van der Waals surface area contributed by atoms with E-state index in [0.29, 0.717) is 0 Å². The lowest BCUT2D eigenvalue weighted by molar-refractivity contribution is 1.63. The van der Waals surface area contributed by atoms with Gasteiger partial charge in [0.25, 0.3) is 0 Å². The maximum absolute atomic E-state index is 6.53. The molecule has 0 heterocycles. The summed E-state index contributed by atoms with van der Waals surface area (Å²) in [5, 5.41) is 11.2. The third kappa shape index (κ3) is 4.68. The number of rotatable bonds is 4. The van der Waals surface area contributed by atoms with Crippen molar-refractivity contribution < 1.29 is 0 Å². The lowest BCUT2D eigenvalue weighted by Crippen LogP contribution is -1.93. The van der Waals surface area contributed by atoms with Crippen molar-refractivity contribution in [2.45, 2.75) is 0 Å². The molecule has 0 amide bonds. The van der Waals surface area contributed by atoms with Gasteiger partial charge in [-0.1, -0.05) is 163 Å². The quantitative estimate of drug-likeness (QED) is 0.166. The molecule has 0 saturated heterocycles. The molecular weight excluding hydrogens is 623 g/mol. The predicted molar refractivity (Wildman–Crippen MR) is 208 cm³/mol. The third-order valence-electron chi connectivity index (χ3n) is 9.53. The molecule has 0 aliphatic carbocycles. The van der Waals surface area contributed by atoms with Gasteiger partial charge in [0.1, 0.15) is 0 Å². The molecule has 0 spiro atoms. The van der Waals surface area contributed by atoms with Crippen LogP contribution in [0.1, 0.15) is 0 Å². The molecule has 0 unspecified atom stereocenters.